The minimum Gasteiger partial charge on any atom is -0.492 e. The molecule has 2 aromatic rings. The number of nitrogen functional groups attached to an aromatic ring is 1. The smallest absolute Gasteiger partial charge is 0.269 e. The molecular formula is C14H14BrN3O2. The first kappa shape index (κ1) is 14.3. The monoisotopic (exact) mass is 335 g/mol. The third kappa shape index (κ3) is 4.24. The van der Waals surface area contributed by atoms with E-state index in [0.717, 1.165) is 10.2 Å². The number of hydrogen-bond donors (Lipinski definition) is 2. The van der Waals surface area contributed by atoms with Gasteiger partial charge in [0.05, 0.1) is 6.54 Å². The van der Waals surface area contributed by atoms with Gasteiger partial charge in [0, 0.05) is 16.4 Å². The van der Waals surface area contributed by atoms with Crippen LogP contribution in [0.1, 0.15) is 10.5 Å². The van der Waals surface area contributed by atoms with Crippen molar-refractivity contribution in [2.24, 2.45) is 0 Å². The van der Waals surface area contributed by atoms with Crippen LogP contribution in [0.3, 0.4) is 0 Å². The van der Waals surface area contributed by atoms with Gasteiger partial charge in [-0.2, -0.15) is 0 Å². The number of nitrogens with two attached hydrogens (primary N) is 1. The quantitative estimate of drug-likeness (QED) is 0.648. The van der Waals surface area contributed by atoms with Gasteiger partial charge in [0.1, 0.15) is 18.1 Å². The Kier molecular flexibility index (Phi) is 4.95. The van der Waals surface area contributed by atoms with Crippen molar-refractivity contribution in [3.05, 3.63) is 52.8 Å². The van der Waals surface area contributed by atoms with Crippen molar-refractivity contribution in [1.82, 2.24) is 10.3 Å². The first-order chi connectivity index (χ1) is 9.65. The molecule has 0 radical (unpaired) electrons. The molecule has 0 aliphatic carbocycles. The lowest BCUT2D eigenvalue weighted by Crippen LogP contribution is -2.28. The minimum absolute atomic E-state index is 0.224. The minimum atomic E-state index is -0.224. The molecule has 0 bridgehead atoms. The molecule has 1 aromatic heterocycles. The topological polar surface area (TPSA) is 77.2 Å². The molecule has 20 heavy (non-hydrogen) atoms. The van der Waals surface area contributed by atoms with Gasteiger partial charge in [0.25, 0.3) is 5.91 Å². The zero-order chi connectivity index (χ0) is 14.4. The zero-order valence-corrected chi connectivity index (χ0v) is 12.3. The molecular weight excluding hydrogens is 322 g/mol. The van der Waals surface area contributed by atoms with Gasteiger partial charge in [-0.3, -0.25) is 4.79 Å². The molecule has 0 fully saturated rings. The van der Waals surface area contributed by atoms with E-state index in [-0.39, 0.29) is 5.91 Å². The van der Waals surface area contributed by atoms with Gasteiger partial charge < -0.3 is 15.8 Å². The fourth-order valence-corrected chi connectivity index (χ4v) is 1.73. The van der Waals surface area contributed by atoms with Crippen LogP contribution in [-0.2, 0) is 0 Å². The summed E-state index contributed by atoms with van der Waals surface area (Å²) in [6.45, 7) is 0.785. The molecule has 1 amide bonds. The van der Waals surface area contributed by atoms with Crippen LogP contribution in [0.2, 0.25) is 0 Å². The first-order valence-electron chi connectivity index (χ1n) is 6.03. The summed E-state index contributed by atoms with van der Waals surface area (Å²) < 4.78 is 6.30. The summed E-state index contributed by atoms with van der Waals surface area (Å²) in [6.07, 6.45) is 1.58. The molecule has 0 saturated heterocycles. The SMILES string of the molecule is Nc1ccc(OCCNC(=O)c2ccc(Br)cn2)cc1. The van der Waals surface area contributed by atoms with Crippen LogP contribution in [0.15, 0.2) is 47.1 Å². The van der Waals surface area contributed by atoms with E-state index < -0.39 is 0 Å². The Balaban J connectivity index is 1.74. The van der Waals surface area contributed by atoms with E-state index in [9.17, 15) is 4.79 Å². The Bertz CT molecular complexity index is 570. The van der Waals surface area contributed by atoms with Crippen molar-refractivity contribution in [3.8, 4) is 5.75 Å². The fraction of sp³-hybridized carbons (Fsp3) is 0.143. The summed E-state index contributed by atoms with van der Waals surface area (Å²) in [5.74, 6) is 0.494. The Morgan fingerprint density at radius 2 is 2.00 bits per heavy atom. The number of rotatable bonds is 5. The van der Waals surface area contributed by atoms with E-state index in [1.165, 1.54) is 0 Å². The van der Waals surface area contributed by atoms with E-state index in [1.54, 1.807) is 42.6 Å². The maximum absolute atomic E-state index is 11.8. The van der Waals surface area contributed by atoms with Crippen LogP contribution in [-0.4, -0.2) is 24.0 Å². The molecule has 2 rings (SSSR count). The maximum Gasteiger partial charge on any atom is 0.269 e. The molecule has 3 N–H and O–H groups in total. The predicted octanol–water partition coefficient (Wildman–Crippen LogP) is 2.24. The molecule has 1 aromatic carbocycles. The number of carbonyl (C=O) groups is 1. The number of ether oxygens (including phenoxy) is 1. The van der Waals surface area contributed by atoms with Gasteiger partial charge in [-0.25, -0.2) is 4.98 Å². The van der Waals surface area contributed by atoms with Crippen molar-refractivity contribution < 1.29 is 9.53 Å². The van der Waals surface area contributed by atoms with Crippen molar-refractivity contribution in [1.29, 1.82) is 0 Å². The molecule has 104 valence electrons. The van der Waals surface area contributed by atoms with Gasteiger partial charge in [0.2, 0.25) is 0 Å². The van der Waals surface area contributed by atoms with E-state index in [1.807, 2.05) is 0 Å². The number of aromatic nitrogens is 1. The molecule has 0 unspecified atom stereocenters. The number of nitrogens with one attached hydrogen (secondary N) is 1. The first-order valence-corrected chi connectivity index (χ1v) is 6.82. The van der Waals surface area contributed by atoms with Gasteiger partial charge in [-0.1, -0.05) is 0 Å². The average Bonchev–Trinajstić information content (AvgIpc) is 2.46. The second kappa shape index (κ2) is 6.91. The maximum atomic E-state index is 11.8. The van der Waals surface area contributed by atoms with Crippen LogP contribution >= 0.6 is 15.9 Å². The van der Waals surface area contributed by atoms with Crippen LogP contribution in [0.5, 0.6) is 5.75 Å². The normalized spacial score (nSPS) is 10.1. The standard InChI is InChI=1S/C14H14BrN3O2/c15-10-1-6-13(18-9-10)14(19)17-7-8-20-12-4-2-11(16)3-5-12/h1-6,9H,7-8,16H2,(H,17,19). The summed E-state index contributed by atoms with van der Waals surface area (Å²) in [5, 5.41) is 2.73. The lowest BCUT2D eigenvalue weighted by Gasteiger charge is -2.07. The number of benzene rings is 1. The number of halogens is 1. The second-order valence-corrected chi connectivity index (χ2v) is 4.95. The number of nitrogens with zero attached hydrogens (tertiary/aromatic N) is 1. The van der Waals surface area contributed by atoms with E-state index in [2.05, 4.69) is 26.2 Å². The average molecular weight is 336 g/mol. The van der Waals surface area contributed by atoms with Crippen molar-refractivity contribution in [2.75, 3.05) is 18.9 Å². The third-order valence-corrected chi connectivity index (χ3v) is 2.97. The van der Waals surface area contributed by atoms with Gasteiger partial charge in [0.15, 0.2) is 0 Å². The summed E-state index contributed by atoms with van der Waals surface area (Å²) in [4.78, 5) is 15.8. The summed E-state index contributed by atoms with van der Waals surface area (Å²) >= 11 is 3.27. The number of hydrogen-bond acceptors (Lipinski definition) is 4. The van der Waals surface area contributed by atoms with Gasteiger partial charge >= 0.3 is 0 Å². The van der Waals surface area contributed by atoms with Crippen LogP contribution in [0.25, 0.3) is 0 Å². The molecule has 6 heteroatoms. The summed E-state index contributed by atoms with van der Waals surface area (Å²) in [7, 11) is 0. The third-order valence-electron chi connectivity index (χ3n) is 2.50. The number of anilines is 1. The molecule has 0 saturated carbocycles. The summed E-state index contributed by atoms with van der Waals surface area (Å²) in [5.41, 5.74) is 6.64. The van der Waals surface area contributed by atoms with Crippen molar-refractivity contribution in [3.63, 3.8) is 0 Å². The largest absolute Gasteiger partial charge is 0.492 e. The summed E-state index contributed by atoms with van der Waals surface area (Å²) in [6, 6.07) is 10.5. The van der Waals surface area contributed by atoms with Gasteiger partial charge in [-0.05, 0) is 52.3 Å². The highest BCUT2D eigenvalue weighted by Gasteiger charge is 2.05. The van der Waals surface area contributed by atoms with Gasteiger partial charge in [-0.15, -0.1) is 0 Å². The molecule has 0 spiro atoms. The molecule has 1 heterocycles. The van der Waals surface area contributed by atoms with E-state index >= 15 is 0 Å². The van der Waals surface area contributed by atoms with Crippen LogP contribution < -0.4 is 15.8 Å². The highest BCUT2D eigenvalue weighted by atomic mass is 79.9. The Hall–Kier alpha value is -2.08. The lowest BCUT2D eigenvalue weighted by molar-refractivity contribution is 0.0942. The lowest BCUT2D eigenvalue weighted by atomic mass is 10.3. The van der Waals surface area contributed by atoms with Crippen molar-refractivity contribution in [2.45, 2.75) is 0 Å². The molecule has 0 aliphatic rings. The zero-order valence-electron chi connectivity index (χ0n) is 10.7. The van der Waals surface area contributed by atoms with Crippen LogP contribution in [0, 0.1) is 0 Å². The number of amides is 1. The fourth-order valence-electron chi connectivity index (χ4n) is 1.50. The van der Waals surface area contributed by atoms with E-state index in [0.29, 0.717) is 24.5 Å². The Labute approximate surface area is 125 Å². The highest BCUT2D eigenvalue weighted by molar-refractivity contribution is 9.10. The molecule has 0 atom stereocenters. The Morgan fingerprint density at radius 3 is 2.65 bits per heavy atom. The second-order valence-electron chi connectivity index (χ2n) is 4.04. The Morgan fingerprint density at radius 1 is 1.25 bits per heavy atom. The van der Waals surface area contributed by atoms with Crippen LogP contribution in [0.4, 0.5) is 5.69 Å². The number of pyridine rings is 1. The van der Waals surface area contributed by atoms with E-state index in [4.69, 9.17) is 10.5 Å². The number of carbonyl (C=O) groups excluding carboxylic acids is 1. The highest BCUT2D eigenvalue weighted by Crippen LogP contribution is 2.12. The molecule has 0 aliphatic heterocycles. The van der Waals surface area contributed by atoms with Crippen molar-refractivity contribution >= 4 is 27.5 Å². The predicted molar refractivity (Wildman–Crippen MR) is 80.6 cm³/mol. The molecule has 5 nitrogen and oxygen atoms in total.